The summed E-state index contributed by atoms with van der Waals surface area (Å²) in [5.41, 5.74) is 1.33. The predicted molar refractivity (Wildman–Crippen MR) is 138 cm³/mol. The van der Waals surface area contributed by atoms with Crippen LogP contribution in [0, 0.1) is 6.92 Å². The van der Waals surface area contributed by atoms with Crippen LogP contribution in [0.4, 0.5) is 0 Å². The van der Waals surface area contributed by atoms with Crippen LogP contribution in [0.15, 0.2) is 89.4 Å². The third kappa shape index (κ3) is 7.18. The molecule has 0 fully saturated rings. The standard InChI is InChI=1S/C13H9.C10H8Br.C2H6Si.2ClH.Zr/c1-3-7-12-10(5-1)9-11-6-2-4-8-13(11)12;1-7-5-8-3-2-4-10(11)9(8)6-7;1-3-2;;;/h1-9H;2-6H,1H3;1-2H3;2*1H;/q2*-1;;;;+4/p-2. The van der Waals surface area contributed by atoms with Crippen LogP contribution in [0.5, 0.6) is 0 Å². The van der Waals surface area contributed by atoms with Gasteiger partial charge in [-0.1, -0.05) is 78.4 Å². The second-order valence-corrected chi connectivity index (χ2v) is 12.3. The van der Waals surface area contributed by atoms with Gasteiger partial charge in [0.2, 0.25) is 0 Å². The van der Waals surface area contributed by atoms with Gasteiger partial charge in [0.25, 0.3) is 0 Å². The Bertz CT molecular complexity index is 1130. The van der Waals surface area contributed by atoms with E-state index in [0.29, 0.717) is 0 Å². The van der Waals surface area contributed by atoms with E-state index in [4.69, 9.17) is 17.0 Å². The second kappa shape index (κ2) is 13.7. The average molecular weight is 594 g/mol. The van der Waals surface area contributed by atoms with E-state index >= 15 is 0 Å². The molecule has 5 aromatic rings. The molecule has 0 aliphatic heterocycles. The summed E-state index contributed by atoms with van der Waals surface area (Å²) < 4.78 is 1.18. The smallest absolute Gasteiger partial charge is 0.0771 e. The molecular formula is C25H23BrCl2SiZr. The largest absolute Gasteiger partial charge is 0.126 e. The van der Waals surface area contributed by atoms with E-state index in [1.807, 2.05) is 0 Å². The molecule has 5 rings (SSSR count). The number of fused-ring (bicyclic) bond motifs is 4. The Balaban J connectivity index is 0.000000172. The third-order valence-electron chi connectivity index (χ3n) is 4.36. The Labute approximate surface area is 208 Å². The van der Waals surface area contributed by atoms with Gasteiger partial charge in [-0.3, -0.25) is 0 Å². The molecule has 0 spiro atoms. The molecule has 0 aliphatic rings. The minimum Gasteiger partial charge on any atom is -0.126 e. The van der Waals surface area contributed by atoms with Crippen LogP contribution in [0.25, 0.3) is 32.3 Å². The minimum atomic E-state index is -0.826. The van der Waals surface area contributed by atoms with Crippen molar-refractivity contribution < 1.29 is 20.8 Å². The molecule has 0 aliphatic carbocycles. The molecule has 0 saturated carbocycles. The summed E-state index contributed by atoms with van der Waals surface area (Å²) in [6, 6.07) is 29.9. The molecule has 0 nitrogen and oxygen atoms in total. The fourth-order valence-corrected chi connectivity index (χ4v) is 3.75. The molecule has 0 atom stereocenters. The van der Waals surface area contributed by atoms with E-state index < -0.39 is 20.8 Å². The molecule has 0 unspecified atom stereocenters. The SMILES string of the molecule is C[Si]C.Cc1cc2c(Br)cccc2[cH-]1.[Cl][Zr+2][Cl].c1ccc2c(c1)[cH-]c1ccccc12. The van der Waals surface area contributed by atoms with E-state index in [1.54, 1.807) is 0 Å². The van der Waals surface area contributed by atoms with Crippen LogP contribution in [-0.4, -0.2) is 9.52 Å². The van der Waals surface area contributed by atoms with Crippen LogP contribution in [-0.2, 0) is 20.8 Å². The zero-order valence-corrected chi connectivity index (χ0v) is 23.8. The van der Waals surface area contributed by atoms with Crippen molar-refractivity contribution in [3.63, 3.8) is 0 Å². The van der Waals surface area contributed by atoms with E-state index in [9.17, 15) is 0 Å². The van der Waals surface area contributed by atoms with Crippen molar-refractivity contribution in [2.45, 2.75) is 20.0 Å². The van der Waals surface area contributed by atoms with Crippen molar-refractivity contribution >= 4 is 74.8 Å². The topological polar surface area (TPSA) is 0 Å². The van der Waals surface area contributed by atoms with Crippen molar-refractivity contribution in [3.05, 3.63) is 95.0 Å². The Morgan fingerprint density at radius 1 is 0.733 bits per heavy atom. The van der Waals surface area contributed by atoms with Crippen LogP contribution in [0.3, 0.4) is 0 Å². The molecule has 0 saturated heterocycles. The van der Waals surface area contributed by atoms with Crippen molar-refractivity contribution in [2.75, 3.05) is 0 Å². The molecule has 0 N–H and O–H groups in total. The molecule has 2 radical (unpaired) electrons. The van der Waals surface area contributed by atoms with E-state index in [2.05, 4.69) is 121 Å². The Morgan fingerprint density at radius 2 is 1.17 bits per heavy atom. The summed E-state index contributed by atoms with van der Waals surface area (Å²) in [7, 11) is 11.0. The number of hydrogen-bond acceptors (Lipinski definition) is 0. The molecule has 0 aromatic heterocycles. The van der Waals surface area contributed by atoms with Gasteiger partial charge in [0.05, 0.1) is 0 Å². The molecule has 0 bridgehead atoms. The fraction of sp³-hybridized carbons (Fsp3) is 0.120. The first-order valence-electron chi connectivity index (χ1n) is 9.45. The molecule has 5 aromatic carbocycles. The summed E-state index contributed by atoms with van der Waals surface area (Å²) >= 11 is 2.68. The van der Waals surface area contributed by atoms with Gasteiger partial charge in [0.15, 0.2) is 0 Å². The first-order valence-corrected chi connectivity index (χ1v) is 18.6. The first kappa shape index (κ1) is 25.6. The minimum absolute atomic E-state index is 0.826. The summed E-state index contributed by atoms with van der Waals surface area (Å²) in [6.07, 6.45) is 0. The third-order valence-corrected chi connectivity index (χ3v) is 5.06. The normalized spacial score (nSPS) is 9.67. The number of aryl methyl sites for hydroxylation is 1. The monoisotopic (exact) mass is 590 g/mol. The molecule has 0 amide bonds. The van der Waals surface area contributed by atoms with Gasteiger partial charge in [0.1, 0.15) is 0 Å². The first-order chi connectivity index (χ1) is 14.5. The van der Waals surface area contributed by atoms with Gasteiger partial charge in [-0.2, -0.15) is 6.07 Å². The van der Waals surface area contributed by atoms with Crippen molar-refractivity contribution in [3.8, 4) is 0 Å². The van der Waals surface area contributed by atoms with Gasteiger partial charge >= 0.3 is 37.9 Å². The molecule has 5 heteroatoms. The fourth-order valence-electron chi connectivity index (χ4n) is 3.25. The van der Waals surface area contributed by atoms with Gasteiger partial charge in [-0.15, -0.1) is 74.3 Å². The van der Waals surface area contributed by atoms with Crippen molar-refractivity contribution in [1.82, 2.24) is 0 Å². The van der Waals surface area contributed by atoms with Gasteiger partial charge in [-0.05, 0) is 4.47 Å². The van der Waals surface area contributed by atoms with Crippen LogP contribution in [0.2, 0.25) is 13.1 Å². The number of rotatable bonds is 0. The molecular weight excluding hydrogens is 570 g/mol. The quantitative estimate of drug-likeness (QED) is 0.124. The van der Waals surface area contributed by atoms with Gasteiger partial charge < -0.3 is 0 Å². The Kier molecular flexibility index (Phi) is 11.6. The summed E-state index contributed by atoms with van der Waals surface area (Å²) in [5, 5.41) is 8.02. The molecule has 0 heterocycles. The van der Waals surface area contributed by atoms with E-state index in [0.717, 1.165) is 9.52 Å². The predicted octanol–water partition coefficient (Wildman–Crippen LogP) is 9.50. The van der Waals surface area contributed by atoms with E-state index in [-0.39, 0.29) is 0 Å². The molecule has 152 valence electrons. The second-order valence-electron chi connectivity index (χ2n) is 6.67. The summed E-state index contributed by atoms with van der Waals surface area (Å²) in [4.78, 5) is 0. The van der Waals surface area contributed by atoms with E-state index in [1.165, 1.54) is 42.4 Å². The van der Waals surface area contributed by atoms with Crippen LogP contribution < -0.4 is 0 Å². The maximum Gasteiger partial charge on any atom is -0.0771 e. The van der Waals surface area contributed by atoms with Gasteiger partial charge in [-0.25, -0.2) is 0 Å². The Morgan fingerprint density at radius 3 is 1.67 bits per heavy atom. The van der Waals surface area contributed by atoms with Crippen molar-refractivity contribution in [2.24, 2.45) is 0 Å². The zero-order valence-electron chi connectivity index (χ0n) is 17.2. The van der Waals surface area contributed by atoms with Gasteiger partial charge in [0, 0.05) is 9.52 Å². The number of halogens is 3. The number of hydrogen-bond donors (Lipinski definition) is 0. The average Bonchev–Trinajstić information content (AvgIpc) is 3.30. The van der Waals surface area contributed by atoms with Crippen LogP contribution in [0.1, 0.15) is 5.56 Å². The Hall–Kier alpha value is -0.700. The summed E-state index contributed by atoms with van der Waals surface area (Å²) in [6.45, 7) is 6.42. The zero-order chi connectivity index (χ0) is 21.9. The maximum absolute atomic E-state index is 4.93. The maximum atomic E-state index is 4.93. The van der Waals surface area contributed by atoms with Crippen molar-refractivity contribution in [1.29, 1.82) is 0 Å². The molecule has 30 heavy (non-hydrogen) atoms. The number of benzene rings is 3. The summed E-state index contributed by atoms with van der Waals surface area (Å²) in [5.74, 6) is 0. The van der Waals surface area contributed by atoms with Crippen LogP contribution >= 0.6 is 33.0 Å².